The fourth-order valence-corrected chi connectivity index (χ4v) is 4.27. The van der Waals surface area contributed by atoms with Crippen LogP contribution in [0.15, 0.2) is 17.0 Å². The Kier molecular flexibility index (Phi) is 4.33. The summed E-state index contributed by atoms with van der Waals surface area (Å²) in [4.78, 5) is 0.204. The van der Waals surface area contributed by atoms with E-state index in [0.29, 0.717) is 17.9 Å². The van der Waals surface area contributed by atoms with Crippen LogP contribution in [0.4, 0.5) is 5.69 Å². The summed E-state index contributed by atoms with van der Waals surface area (Å²) in [6.45, 7) is 4.09. The number of morpholine rings is 1. The molecular formula is C13H20N2O4S. The van der Waals surface area contributed by atoms with Gasteiger partial charge in [0.25, 0.3) is 0 Å². The van der Waals surface area contributed by atoms with Gasteiger partial charge in [-0.05, 0) is 37.1 Å². The molecule has 1 aliphatic rings. The fourth-order valence-electron chi connectivity index (χ4n) is 2.35. The summed E-state index contributed by atoms with van der Waals surface area (Å²) in [6, 6.07) is 2.67. The number of ether oxygens (including phenoxy) is 1. The van der Waals surface area contributed by atoms with Crippen molar-refractivity contribution in [2.24, 2.45) is 0 Å². The van der Waals surface area contributed by atoms with Gasteiger partial charge in [-0.1, -0.05) is 0 Å². The molecule has 20 heavy (non-hydrogen) atoms. The number of sulfonamides is 1. The van der Waals surface area contributed by atoms with E-state index in [1.165, 1.54) is 10.4 Å². The molecule has 1 fully saturated rings. The lowest BCUT2D eigenvalue weighted by Crippen LogP contribution is -2.50. The highest BCUT2D eigenvalue weighted by Crippen LogP contribution is 2.27. The van der Waals surface area contributed by atoms with Crippen LogP contribution in [0.1, 0.15) is 11.1 Å². The van der Waals surface area contributed by atoms with Crippen molar-refractivity contribution in [2.45, 2.75) is 24.8 Å². The number of hydrogen-bond donors (Lipinski definition) is 2. The number of nitrogens with two attached hydrogens (primary N) is 1. The van der Waals surface area contributed by atoms with Crippen LogP contribution < -0.4 is 5.73 Å². The molecule has 0 saturated carbocycles. The molecule has 2 rings (SSSR count). The van der Waals surface area contributed by atoms with E-state index in [2.05, 4.69) is 0 Å². The van der Waals surface area contributed by atoms with E-state index < -0.39 is 16.1 Å². The van der Waals surface area contributed by atoms with E-state index in [9.17, 15) is 13.5 Å². The van der Waals surface area contributed by atoms with E-state index in [-0.39, 0.29) is 24.7 Å². The summed E-state index contributed by atoms with van der Waals surface area (Å²) in [5, 5.41) is 9.34. The lowest BCUT2D eigenvalue weighted by molar-refractivity contribution is 0.0109. The van der Waals surface area contributed by atoms with Crippen molar-refractivity contribution in [3.63, 3.8) is 0 Å². The Morgan fingerprint density at radius 1 is 1.45 bits per heavy atom. The first kappa shape index (κ1) is 15.2. The number of nitrogens with zero attached hydrogens (tertiary/aromatic N) is 1. The SMILES string of the molecule is Cc1cc(N)cc(S(=O)(=O)N2CCOCC2CO)c1C. The maximum absolute atomic E-state index is 12.8. The average molecular weight is 300 g/mol. The van der Waals surface area contributed by atoms with E-state index in [0.717, 1.165) is 5.56 Å². The van der Waals surface area contributed by atoms with Crippen LogP contribution in [0.5, 0.6) is 0 Å². The molecule has 3 N–H and O–H groups in total. The second-order valence-electron chi connectivity index (χ2n) is 4.99. The van der Waals surface area contributed by atoms with Gasteiger partial charge in [-0.2, -0.15) is 4.31 Å². The summed E-state index contributed by atoms with van der Waals surface area (Å²) in [7, 11) is -3.69. The van der Waals surface area contributed by atoms with Crippen molar-refractivity contribution in [1.82, 2.24) is 4.31 Å². The molecule has 7 heteroatoms. The molecular weight excluding hydrogens is 280 g/mol. The van der Waals surface area contributed by atoms with Gasteiger partial charge in [-0.3, -0.25) is 0 Å². The smallest absolute Gasteiger partial charge is 0.243 e. The molecule has 6 nitrogen and oxygen atoms in total. The van der Waals surface area contributed by atoms with Crippen molar-refractivity contribution in [3.05, 3.63) is 23.3 Å². The van der Waals surface area contributed by atoms with Crippen LogP contribution in [0, 0.1) is 13.8 Å². The molecule has 1 saturated heterocycles. The van der Waals surface area contributed by atoms with Gasteiger partial charge in [0.2, 0.25) is 10.0 Å². The number of nitrogen functional groups attached to an aromatic ring is 1. The Morgan fingerprint density at radius 3 is 2.80 bits per heavy atom. The Hall–Kier alpha value is -1.15. The monoisotopic (exact) mass is 300 g/mol. The first-order valence-corrected chi connectivity index (χ1v) is 7.89. The Morgan fingerprint density at radius 2 is 2.15 bits per heavy atom. The zero-order valence-electron chi connectivity index (χ0n) is 11.7. The number of benzene rings is 1. The largest absolute Gasteiger partial charge is 0.399 e. The van der Waals surface area contributed by atoms with Crippen molar-refractivity contribution in [2.75, 3.05) is 32.1 Å². The molecule has 0 spiro atoms. The number of hydrogen-bond acceptors (Lipinski definition) is 5. The molecule has 1 heterocycles. The molecule has 1 aromatic carbocycles. The van der Waals surface area contributed by atoms with Gasteiger partial charge >= 0.3 is 0 Å². The molecule has 1 unspecified atom stereocenters. The lowest BCUT2D eigenvalue weighted by Gasteiger charge is -2.33. The number of rotatable bonds is 3. The summed E-state index contributed by atoms with van der Waals surface area (Å²) in [5.41, 5.74) is 7.70. The van der Waals surface area contributed by atoms with Crippen molar-refractivity contribution in [1.29, 1.82) is 0 Å². The first-order valence-electron chi connectivity index (χ1n) is 6.45. The first-order chi connectivity index (χ1) is 9.37. The van der Waals surface area contributed by atoms with Crippen molar-refractivity contribution >= 4 is 15.7 Å². The normalized spacial score (nSPS) is 21.1. The number of anilines is 1. The minimum absolute atomic E-state index is 0.204. The van der Waals surface area contributed by atoms with Crippen molar-refractivity contribution < 1.29 is 18.3 Å². The van der Waals surface area contributed by atoms with E-state index in [4.69, 9.17) is 10.5 Å². The predicted octanol–water partition coefficient (Wildman–Crippen LogP) is 0.267. The molecule has 0 amide bonds. The van der Waals surface area contributed by atoms with Crippen molar-refractivity contribution in [3.8, 4) is 0 Å². The van der Waals surface area contributed by atoms with E-state index >= 15 is 0 Å². The third kappa shape index (κ3) is 2.67. The minimum atomic E-state index is -3.69. The fraction of sp³-hybridized carbons (Fsp3) is 0.538. The van der Waals surface area contributed by atoms with Crippen LogP contribution >= 0.6 is 0 Å². The molecule has 0 radical (unpaired) electrons. The highest BCUT2D eigenvalue weighted by Gasteiger charge is 2.34. The van der Waals surface area contributed by atoms with E-state index in [1.807, 2.05) is 6.92 Å². The summed E-state index contributed by atoms with van der Waals surface area (Å²) in [6.07, 6.45) is 0. The number of aryl methyl sites for hydroxylation is 1. The van der Waals surface area contributed by atoms with Gasteiger partial charge < -0.3 is 15.6 Å². The van der Waals surface area contributed by atoms with Crippen LogP contribution in [0.2, 0.25) is 0 Å². The van der Waals surface area contributed by atoms with Gasteiger partial charge in [-0.15, -0.1) is 0 Å². The Labute approximate surface area is 119 Å². The highest BCUT2D eigenvalue weighted by atomic mass is 32.2. The Balaban J connectivity index is 2.49. The highest BCUT2D eigenvalue weighted by molar-refractivity contribution is 7.89. The molecule has 0 bridgehead atoms. The van der Waals surface area contributed by atoms with Gasteiger partial charge in [0.05, 0.1) is 30.8 Å². The summed E-state index contributed by atoms with van der Waals surface area (Å²) >= 11 is 0. The molecule has 0 aliphatic carbocycles. The number of aliphatic hydroxyl groups is 1. The minimum Gasteiger partial charge on any atom is -0.399 e. The number of aliphatic hydroxyl groups excluding tert-OH is 1. The second-order valence-corrected chi connectivity index (χ2v) is 6.85. The zero-order chi connectivity index (χ0) is 14.9. The third-order valence-electron chi connectivity index (χ3n) is 3.61. The molecule has 1 aromatic rings. The van der Waals surface area contributed by atoms with Crippen LogP contribution in [0.25, 0.3) is 0 Å². The summed E-state index contributed by atoms with van der Waals surface area (Å²) < 4.78 is 32.1. The molecule has 1 atom stereocenters. The van der Waals surface area contributed by atoms with Gasteiger partial charge in [-0.25, -0.2) is 8.42 Å². The van der Waals surface area contributed by atoms with Crippen LogP contribution in [-0.2, 0) is 14.8 Å². The topological polar surface area (TPSA) is 92.9 Å². The standard InChI is InChI=1S/C13H20N2O4S/c1-9-5-11(14)6-13(10(9)2)20(17,18)15-3-4-19-8-12(15)7-16/h5-6,12,16H,3-4,7-8,14H2,1-2H3. The third-order valence-corrected chi connectivity index (χ3v) is 5.69. The molecule has 112 valence electrons. The second kappa shape index (κ2) is 5.69. The molecule has 0 aromatic heterocycles. The maximum Gasteiger partial charge on any atom is 0.243 e. The lowest BCUT2D eigenvalue weighted by atomic mass is 10.1. The Bertz CT molecular complexity index is 601. The maximum atomic E-state index is 12.8. The van der Waals surface area contributed by atoms with Gasteiger partial charge in [0.1, 0.15) is 0 Å². The predicted molar refractivity (Wildman–Crippen MR) is 75.9 cm³/mol. The van der Waals surface area contributed by atoms with Crippen LogP contribution in [0.3, 0.4) is 0 Å². The average Bonchev–Trinajstić information content (AvgIpc) is 2.42. The quantitative estimate of drug-likeness (QED) is 0.782. The summed E-state index contributed by atoms with van der Waals surface area (Å²) in [5.74, 6) is 0. The van der Waals surface area contributed by atoms with Crippen LogP contribution in [-0.4, -0.2) is 50.2 Å². The zero-order valence-corrected chi connectivity index (χ0v) is 12.5. The van der Waals surface area contributed by atoms with Gasteiger partial charge in [0.15, 0.2) is 0 Å². The van der Waals surface area contributed by atoms with Gasteiger partial charge in [0, 0.05) is 12.2 Å². The molecule has 1 aliphatic heterocycles. The van der Waals surface area contributed by atoms with E-state index in [1.54, 1.807) is 13.0 Å².